The van der Waals surface area contributed by atoms with E-state index in [2.05, 4.69) is 10.4 Å². The summed E-state index contributed by atoms with van der Waals surface area (Å²) in [4.78, 5) is 11.9. The molecule has 5 heteroatoms. The van der Waals surface area contributed by atoms with Gasteiger partial charge in [0.1, 0.15) is 0 Å². The molecule has 88 valence electrons. The van der Waals surface area contributed by atoms with Crippen LogP contribution in [0.15, 0.2) is 36.5 Å². The lowest BCUT2D eigenvalue weighted by atomic mass is 10.2. The minimum atomic E-state index is -0.230. The van der Waals surface area contributed by atoms with E-state index in [0.717, 1.165) is 11.3 Å². The van der Waals surface area contributed by atoms with Gasteiger partial charge < -0.3 is 11.1 Å². The van der Waals surface area contributed by atoms with Gasteiger partial charge in [0, 0.05) is 25.5 Å². The van der Waals surface area contributed by atoms with Crippen molar-refractivity contribution < 1.29 is 4.79 Å². The van der Waals surface area contributed by atoms with Gasteiger partial charge in [-0.2, -0.15) is 5.10 Å². The highest BCUT2D eigenvalue weighted by Gasteiger charge is 2.10. The quantitative estimate of drug-likeness (QED) is 0.830. The summed E-state index contributed by atoms with van der Waals surface area (Å²) in [7, 11) is 1.77. The van der Waals surface area contributed by atoms with Crippen LogP contribution in [0.3, 0.4) is 0 Å². The number of hydrogen-bond donors (Lipinski definition) is 2. The molecule has 0 aliphatic heterocycles. The minimum Gasteiger partial charge on any atom is -0.326 e. The zero-order chi connectivity index (χ0) is 12.3. The van der Waals surface area contributed by atoms with Gasteiger partial charge in [0.15, 0.2) is 5.69 Å². The molecule has 17 heavy (non-hydrogen) atoms. The highest BCUT2D eigenvalue weighted by atomic mass is 16.1. The van der Waals surface area contributed by atoms with E-state index in [-0.39, 0.29) is 5.91 Å². The topological polar surface area (TPSA) is 72.9 Å². The van der Waals surface area contributed by atoms with Crippen molar-refractivity contribution in [3.05, 3.63) is 47.8 Å². The maximum atomic E-state index is 11.9. The molecule has 0 saturated carbocycles. The Balaban J connectivity index is 2.18. The van der Waals surface area contributed by atoms with E-state index in [1.54, 1.807) is 24.0 Å². The van der Waals surface area contributed by atoms with E-state index >= 15 is 0 Å². The minimum absolute atomic E-state index is 0.230. The van der Waals surface area contributed by atoms with Crippen LogP contribution in [-0.2, 0) is 13.6 Å². The maximum absolute atomic E-state index is 11.9. The first-order chi connectivity index (χ1) is 8.20. The smallest absolute Gasteiger partial charge is 0.276 e. The van der Waals surface area contributed by atoms with Crippen molar-refractivity contribution in [2.45, 2.75) is 6.54 Å². The third-order valence-corrected chi connectivity index (χ3v) is 2.43. The molecule has 3 N–H and O–H groups in total. The fourth-order valence-electron chi connectivity index (χ4n) is 1.54. The van der Waals surface area contributed by atoms with Crippen LogP contribution in [0, 0.1) is 0 Å². The second-order valence-corrected chi connectivity index (χ2v) is 3.69. The van der Waals surface area contributed by atoms with E-state index in [1.165, 1.54) is 0 Å². The Morgan fingerprint density at radius 1 is 1.41 bits per heavy atom. The number of rotatable bonds is 3. The largest absolute Gasteiger partial charge is 0.326 e. The average molecular weight is 230 g/mol. The first-order valence-electron chi connectivity index (χ1n) is 5.29. The molecular formula is C12H14N4O. The Labute approximate surface area is 99.2 Å². The number of benzene rings is 1. The third kappa shape index (κ3) is 2.51. The number of hydrogen-bond acceptors (Lipinski definition) is 3. The molecule has 0 spiro atoms. The predicted molar refractivity (Wildman–Crippen MR) is 65.5 cm³/mol. The normalized spacial score (nSPS) is 10.2. The van der Waals surface area contributed by atoms with Crippen molar-refractivity contribution >= 4 is 11.6 Å². The molecule has 0 atom stereocenters. The number of aryl methyl sites for hydroxylation is 1. The molecule has 1 aromatic heterocycles. The van der Waals surface area contributed by atoms with Crippen LogP contribution in [0.4, 0.5) is 5.69 Å². The Hall–Kier alpha value is -2.14. The van der Waals surface area contributed by atoms with Crippen molar-refractivity contribution in [1.82, 2.24) is 9.78 Å². The third-order valence-electron chi connectivity index (χ3n) is 2.43. The van der Waals surface area contributed by atoms with Crippen molar-refractivity contribution in [2.75, 3.05) is 5.32 Å². The van der Waals surface area contributed by atoms with Crippen LogP contribution in [0.2, 0.25) is 0 Å². The van der Waals surface area contributed by atoms with Gasteiger partial charge in [-0.05, 0) is 17.7 Å². The summed E-state index contributed by atoms with van der Waals surface area (Å²) in [6, 6.07) is 9.11. The molecule has 0 aliphatic carbocycles. The van der Waals surface area contributed by atoms with E-state index in [0.29, 0.717) is 12.2 Å². The van der Waals surface area contributed by atoms with Gasteiger partial charge >= 0.3 is 0 Å². The lowest BCUT2D eigenvalue weighted by molar-refractivity contribution is 0.102. The Bertz CT molecular complexity index is 533. The van der Waals surface area contributed by atoms with E-state index in [9.17, 15) is 4.79 Å². The number of carbonyl (C=O) groups excluding carboxylic acids is 1. The molecule has 1 amide bonds. The molecule has 0 fully saturated rings. The average Bonchev–Trinajstić information content (AvgIpc) is 2.77. The molecule has 0 aliphatic rings. The molecule has 0 unspecified atom stereocenters. The van der Waals surface area contributed by atoms with Crippen molar-refractivity contribution in [2.24, 2.45) is 12.8 Å². The van der Waals surface area contributed by atoms with Gasteiger partial charge in [0.2, 0.25) is 0 Å². The highest BCUT2D eigenvalue weighted by molar-refractivity contribution is 6.03. The number of para-hydroxylation sites is 1. The summed E-state index contributed by atoms with van der Waals surface area (Å²) < 4.78 is 1.59. The number of nitrogens with two attached hydrogens (primary N) is 1. The zero-order valence-corrected chi connectivity index (χ0v) is 9.55. The lowest BCUT2D eigenvalue weighted by Gasteiger charge is -2.07. The van der Waals surface area contributed by atoms with E-state index < -0.39 is 0 Å². The molecule has 0 saturated heterocycles. The summed E-state index contributed by atoms with van der Waals surface area (Å²) in [6.45, 7) is 0.388. The van der Waals surface area contributed by atoms with Gasteiger partial charge in [-0.15, -0.1) is 0 Å². The molecule has 2 rings (SSSR count). The van der Waals surface area contributed by atoms with Crippen LogP contribution >= 0.6 is 0 Å². The van der Waals surface area contributed by atoms with E-state index in [4.69, 9.17) is 5.73 Å². The van der Waals surface area contributed by atoms with Crippen LogP contribution in [0.5, 0.6) is 0 Å². The van der Waals surface area contributed by atoms with Gasteiger partial charge in [0.05, 0.1) is 0 Å². The Morgan fingerprint density at radius 3 is 2.82 bits per heavy atom. The van der Waals surface area contributed by atoms with Crippen LogP contribution in [-0.4, -0.2) is 15.7 Å². The Kier molecular flexibility index (Phi) is 3.20. The summed E-state index contributed by atoms with van der Waals surface area (Å²) in [5, 5.41) is 6.83. The van der Waals surface area contributed by atoms with E-state index in [1.807, 2.05) is 24.3 Å². The summed E-state index contributed by atoms with van der Waals surface area (Å²) in [6.07, 6.45) is 1.73. The fourth-order valence-corrected chi connectivity index (χ4v) is 1.54. The second kappa shape index (κ2) is 4.80. The summed E-state index contributed by atoms with van der Waals surface area (Å²) >= 11 is 0. The number of aromatic nitrogens is 2. The lowest BCUT2D eigenvalue weighted by Crippen LogP contribution is -2.15. The molecular weight excluding hydrogens is 216 g/mol. The molecule has 5 nitrogen and oxygen atoms in total. The van der Waals surface area contributed by atoms with Gasteiger partial charge in [-0.25, -0.2) is 0 Å². The summed E-state index contributed by atoms with van der Waals surface area (Å²) in [5.41, 5.74) is 7.61. The van der Waals surface area contributed by atoms with Gasteiger partial charge in [0.25, 0.3) is 5.91 Å². The first kappa shape index (κ1) is 11.3. The molecule has 0 radical (unpaired) electrons. The van der Waals surface area contributed by atoms with Crippen molar-refractivity contribution in [3.63, 3.8) is 0 Å². The zero-order valence-electron chi connectivity index (χ0n) is 9.55. The highest BCUT2D eigenvalue weighted by Crippen LogP contribution is 2.14. The number of carbonyl (C=O) groups is 1. The van der Waals surface area contributed by atoms with Crippen molar-refractivity contribution in [1.29, 1.82) is 0 Å². The van der Waals surface area contributed by atoms with Gasteiger partial charge in [-0.1, -0.05) is 18.2 Å². The van der Waals surface area contributed by atoms with Gasteiger partial charge in [-0.3, -0.25) is 9.48 Å². The van der Waals surface area contributed by atoms with Crippen LogP contribution in [0.25, 0.3) is 0 Å². The number of nitrogens with zero attached hydrogens (tertiary/aromatic N) is 2. The van der Waals surface area contributed by atoms with Crippen LogP contribution < -0.4 is 11.1 Å². The molecule has 2 aromatic rings. The molecule has 1 heterocycles. The monoisotopic (exact) mass is 230 g/mol. The predicted octanol–water partition coefficient (Wildman–Crippen LogP) is 1.13. The molecule has 1 aromatic carbocycles. The second-order valence-electron chi connectivity index (χ2n) is 3.69. The first-order valence-corrected chi connectivity index (χ1v) is 5.29. The number of nitrogens with one attached hydrogen (secondary N) is 1. The Morgan fingerprint density at radius 2 is 2.18 bits per heavy atom. The molecule has 0 bridgehead atoms. The summed E-state index contributed by atoms with van der Waals surface area (Å²) in [5.74, 6) is -0.230. The van der Waals surface area contributed by atoms with Crippen LogP contribution in [0.1, 0.15) is 16.1 Å². The SMILES string of the molecule is Cn1ccc(C(=O)Nc2ccccc2CN)n1. The standard InChI is InChI=1S/C12H14N4O/c1-16-7-6-11(15-16)12(17)14-10-5-3-2-4-9(10)8-13/h2-7H,8,13H2,1H3,(H,14,17). The number of amides is 1. The number of anilines is 1. The fraction of sp³-hybridized carbons (Fsp3) is 0.167. The maximum Gasteiger partial charge on any atom is 0.276 e. The van der Waals surface area contributed by atoms with Crippen molar-refractivity contribution in [3.8, 4) is 0 Å².